The monoisotopic (exact) mass is 416 g/mol. The number of pyridine rings is 1. The molecule has 3 aromatic rings. The van der Waals surface area contributed by atoms with Crippen LogP contribution in [0.3, 0.4) is 0 Å². The van der Waals surface area contributed by atoms with Crippen LogP contribution in [0.15, 0.2) is 79.1 Å². The molecule has 1 aromatic heterocycles. The molecular weight excluding hydrogens is 388 g/mol. The van der Waals surface area contributed by atoms with Crippen molar-refractivity contribution in [1.29, 1.82) is 0 Å². The van der Waals surface area contributed by atoms with Gasteiger partial charge in [-0.3, -0.25) is 9.88 Å². The van der Waals surface area contributed by atoms with Gasteiger partial charge in [0.1, 0.15) is 5.75 Å². The average molecular weight is 417 g/mol. The van der Waals surface area contributed by atoms with Crippen LogP contribution in [-0.4, -0.2) is 53.6 Å². The van der Waals surface area contributed by atoms with Crippen LogP contribution in [0.5, 0.6) is 5.75 Å². The number of rotatable bonds is 7. The van der Waals surface area contributed by atoms with Crippen molar-refractivity contribution in [3.63, 3.8) is 0 Å². The van der Waals surface area contributed by atoms with Crippen molar-refractivity contribution in [2.45, 2.75) is 13.0 Å². The van der Waals surface area contributed by atoms with Crippen LogP contribution in [0.1, 0.15) is 11.1 Å². The van der Waals surface area contributed by atoms with E-state index >= 15 is 0 Å². The molecule has 0 spiro atoms. The van der Waals surface area contributed by atoms with E-state index in [1.165, 1.54) is 11.1 Å². The molecule has 1 fully saturated rings. The molecule has 0 bridgehead atoms. The second kappa shape index (κ2) is 10.6. The third-order valence-electron chi connectivity index (χ3n) is 5.38. The number of piperazine rings is 1. The molecule has 0 aliphatic carbocycles. The number of nitrogens with zero attached hydrogens (tertiary/aromatic N) is 3. The standard InChI is InChI=1S/C25H28N4O2/c30-25(27-23-9-5-12-26-19-23)29-15-13-28(14-16-29)20-22-8-4-10-24(18-22)31-17-11-21-6-2-1-3-7-21/h1-10,12,18-19H,11,13-17,20H2,(H,27,30). The Morgan fingerprint density at radius 3 is 2.52 bits per heavy atom. The molecule has 0 unspecified atom stereocenters. The van der Waals surface area contributed by atoms with Gasteiger partial charge in [0, 0.05) is 45.3 Å². The number of ether oxygens (including phenoxy) is 1. The Balaban J connectivity index is 1.22. The summed E-state index contributed by atoms with van der Waals surface area (Å²) in [6.07, 6.45) is 4.24. The van der Waals surface area contributed by atoms with Crippen LogP contribution >= 0.6 is 0 Å². The van der Waals surface area contributed by atoms with E-state index < -0.39 is 0 Å². The summed E-state index contributed by atoms with van der Waals surface area (Å²) in [6, 6.07) is 22.3. The summed E-state index contributed by atoms with van der Waals surface area (Å²) in [5.74, 6) is 0.905. The van der Waals surface area contributed by atoms with Crippen LogP contribution in [0.25, 0.3) is 0 Å². The summed E-state index contributed by atoms with van der Waals surface area (Å²) in [4.78, 5) is 20.7. The molecule has 2 amide bonds. The third-order valence-corrected chi connectivity index (χ3v) is 5.38. The van der Waals surface area contributed by atoms with E-state index in [0.29, 0.717) is 19.7 Å². The number of amides is 2. The zero-order valence-electron chi connectivity index (χ0n) is 17.6. The van der Waals surface area contributed by atoms with Crippen molar-refractivity contribution in [1.82, 2.24) is 14.8 Å². The Hall–Kier alpha value is -3.38. The van der Waals surface area contributed by atoms with Crippen LogP contribution in [0, 0.1) is 0 Å². The van der Waals surface area contributed by atoms with Crippen molar-refractivity contribution >= 4 is 11.7 Å². The topological polar surface area (TPSA) is 57.7 Å². The van der Waals surface area contributed by atoms with Crippen LogP contribution in [0.4, 0.5) is 10.5 Å². The minimum atomic E-state index is -0.0681. The number of carbonyl (C=O) groups excluding carboxylic acids is 1. The Kier molecular flexibility index (Phi) is 7.13. The van der Waals surface area contributed by atoms with Gasteiger partial charge >= 0.3 is 6.03 Å². The van der Waals surface area contributed by atoms with Crippen molar-refractivity contribution < 1.29 is 9.53 Å². The quantitative estimate of drug-likeness (QED) is 0.631. The summed E-state index contributed by atoms with van der Waals surface area (Å²) >= 11 is 0. The van der Waals surface area contributed by atoms with Gasteiger partial charge < -0.3 is 15.0 Å². The highest BCUT2D eigenvalue weighted by molar-refractivity contribution is 5.89. The van der Waals surface area contributed by atoms with Gasteiger partial charge in [-0.25, -0.2) is 4.79 Å². The molecule has 0 saturated carbocycles. The van der Waals surface area contributed by atoms with E-state index in [1.54, 1.807) is 12.4 Å². The maximum absolute atomic E-state index is 12.4. The molecule has 31 heavy (non-hydrogen) atoms. The summed E-state index contributed by atoms with van der Waals surface area (Å²) in [5.41, 5.74) is 3.23. The minimum Gasteiger partial charge on any atom is -0.493 e. The van der Waals surface area contributed by atoms with Gasteiger partial charge in [0.25, 0.3) is 0 Å². The maximum Gasteiger partial charge on any atom is 0.321 e. The average Bonchev–Trinajstić information content (AvgIpc) is 2.81. The van der Waals surface area contributed by atoms with E-state index in [9.17, 15) is 4.79 Å². The first-order valence-electron chi connectivity index (χ1n) is 10.7. The molecule has 1 saturated heterocycles. The van der Waals surface area contributed by atoms with Crippen molar-refractivity contribution in [2.75, 3.05) is 38.1 Å². The van der Waals surface area contributed by atoms with Crippen LogP contribution < -0.4 is 10.1 Å². The predicted octanol–water partition coefficient (Wildman–Crippen LogP) is 4.05. The lowest BCUT2D eigenvalue weighted by Crippen LogP contribution is -2.49. The van der Waals surface area contributed by atoms with E-state index in [0.717, 1.165) is 37.5 Å². The predicted molar refractivity (Wildman–Crippen MR) is 122 cm³/mol. The van der Waals surface area contributed by atoms with Gasteiger partial charge in [-0.05, 0) is 35.4 Å². The molecule has 1 N–H and O–H groups in total. The Morgan fingerprint density at radius 2 is 1.74 bits per heavy atom. The Morgan fingerprint density at radius 1 is 0.935 bits per heavy atom. The molecule has 160 valence electrons. The molecule has 0 atom stereocenters. The SMILES string of the molecule is O=C(Nc1cccnc1)N1CCN(Cc2cccc(OCCc3ccccc3)c2)CC1. The summed E-state index contributed by atoms with van der Waals surface area (Å²) in [6.45, 7) is 4.63. The molecular formula is C25H28N4O2. The molecule has 1 aliphatic rings. The first-order valence-corrected chi connectivity index (χ1v) is 10.7. The number of aromatic nitrogens is 1. The molecule has 6 nitrogen and oxygen atoms in total. The lowest BCUT2D eigenvalue weighted by Gasteiger charge is -2.34. The smallest absolute Gasteiger partial charge is 0.321 e. The van der Waals surface area contributed by atoms with Crippen LogP contribution in [-0.2, 0) is 13.0 Å². The van der Waals surface area contributed by atoms with E-state index in [-0.39, 0.29) is 6.03 Å². The summed E-state index contributed by atoms with van der Waals surface area (Å²) in [7, 11) is 0. The van der Waals surface area contributed by atoms with E-state index in [4.69, 9.17) is 4.74 Å². The largest absolute Gasteiger partial charge is 0.493 e. The fourth-order valence-corrected chi connectivity index (χ4v) is 3.67. The number of benzene rings is 2. The van der Waals surface area contributed by atoms with E-state index in [2.05, 4.69) is 51.6 Å². The van der Waals surface area contributed by atoms with Gasteiger partial charge in [0.15, 0.2) is 0 Å². The Labute approximate surface area is 183 Å². The zero-order chi connectivity index (χ0) is 21.3. The normalized spacial score (nSPS) is 14.3. The number of hydrogen-bond donors (Lipinski definition) is 1. The minimum absolute atomic E-state index is 0.0681. The molecule has 2 aromatic carbocycles. The number of nitrogens with one attached hydrogen (secondary N) is 1. The second-order valence-corrected chi connectivity index (χ2v) is 7.67. The fraction of sp³-hybridized carbons (Fsp3) is 0.280. The van der Waals surface area contributed by atoms with Crippen molar-refractivity contribution in [2.24, 2.45) is 0 Å². The van der Waals surface area contributed by atoms with E-state index in [1.807, 2.05) is 35.2 Å². The lowest BCUT2D eigenvalue weighted by atomic mass is 10.1. The second-order valence-electron chi connectivity index (χ2n) is 7.67. The number of urea groups is 1. The maximum atomic E-state index is 12.4. The highest BCUT2D eigenvalue weighted by Gasteiger charge is 2.21. The van der Waals surface area contributed by atoms with Gasteiger partial charge in [-0.15, -0.1) is 0 Å². The summed E-state index contributed by atoms with van der Waals surface area (Å²) in [5, 5.41) is 2.90. The number of carbonyl (C=O) groups is 1. The van der Waals surface area contributed by atoms with Gasteiger partial charge in [-0.2, -0.15) is 0 Å². The Bertz CT molecular complexity index is 958. The first kappa shape index (κ1) is 20.9. The number of hydrogen-bond acceptors (Lipinski definition) is 4. The van der Waals surface area contributed by atoms with Gasteiger partial charge in [0.2, 0.25) is 0 Å². The third kappa shape index (κ3) is 6.30. The van der Waals surface area contributed by atoms with Crippen molar-refractivity contribution in [3.05, 3.63) is 90.3 Å². The zero-order valence-corrected chi connectivity index (χ0v) is 17.6. The van der Waals surface area contributed by atoms with Crippen molar-refractivity contribution in [3.8, 4) is 5.75 Å². The molecule has 0 radical (unpaired) electrons. The first-order chi connectivity index (χ1) is 15.3. The van der Waals surface area contributed by atoms with Crippen LogP contribution in [0.2, 0.25) is 0 Å². The van der Waals surface area contributed by atoms with Gasteiger partial charge in [-0.1, -0.05) is 42.5 Å². The number of anilines is 1. The molecule has 2 heterocycles. The highest BCUT2D eigenvalue weighted by Crippen LogP contribution is 2.17. The lowest BCUT2D eigenvalue weighted by molar-refractivity contribution is 0.143. The fourth-order valence-electron chi connectivity index (χ4n) is 3.67. The van der Waals surface area contributed by atoms with Gasteiger partial charge in [0.05, 0.1) is 18.5 Å². The molecule has 4 rings (SSSR count). The highest BCUT2D eigenvalue weighted by atomic mass is 16.5. The summed E-state index contributed by atoms with van der Waals surface area (Å²) < 4.78 is 5.96. The molecule has 1 aliphatic heterocycles. The molecule has 6 heteroatoms.